The minimum absolute atomic E-state index is 0.212. The minimum atomic E-state index is -1.30. The summed E-state index contributed by atoms with van der Waals surface area (Å²) in [5, 5.41) is 2.17. The number of carbonyl (C=O) groups is 1. The Balaban J connectivity index is 2.43. The van der Waals surface area contributed by atoms with Gasteiger partial charge in [0.1, 0.15) is 12.4 Å². The zero-order chi connectivity index (χ0) is 11.0. The molecule has 0 aromatic heterocycles. The molecular formula is C9H6F3NO2. The number of nitrogens with one attached hydrogen (secondary N) is 1. The maximum Gasteiger partial charge on any atom is 0.407 e. The number of rotatable bonds is 1. The maximum absolute atomic E-state index is 13.2. The van der Waals surface area contributed by atoms with Crippen LogP contribution in [0.1, 0.15) is 11.6 Å². The Morgan fingerprint density at radius 1 is 1.27 bits per heavy atom. The number of carbonyl (C=O) groups excluding carboxylic acids is 1. The van der Waals surface area contributed by atoms with Gasteiger partial charge in [-0.05, 0) is 12.1 Å². The van der Waals surface area contributed by atoms with E-state index in [1.165, 1.54) is 0 Å². The van der Waals surface area contributed by atoms with Crippen molar-refractivity contribution in [2.24, 2.45) is 0 Å². The first-order valence-corrected chi connectivity index (χ1v) is 4.16. The summed E-state index contributed by atoms with van der Waals surface area (Å²) >= 11 is 0. The molecule has 0 radical (unpaired) electrons. The molecule has 0 bridgehead atoms. The summed E-state index contributed by atoms with van der Waals surface area (Å²) in [6, 6.07) is 0.512. The van der Waals surface area contributed by atoms with Crippen molar-refractivity contribution >= 4 is 6.09 Å². The lowest BCUT2D eigenvalue weighted by Gasteiger charge is -2.10. The molecule has 1 heterocycles. The van der Waals surface area contributed by atoms with Gasteiger partial charge in [0.2, 0.25) is 0 Å². The second kappa shape index (κ2) is 3.45. The van der Waals surface area contributed by atoms with Gasteiger partial charge in [-0.1, -0.05) is 0 Å². The molecule has 6 heteroatoms. The van der Waals surface area contributed by atoms with Crippen molar-refractivity contribution in [1.29, 1.82) is 0 Å². The van der Waals surface area contributed by atoms with E-state index in [1.807, 2.05) is 0 Å². The third kappa shape index (κ3) is 1.62. The standard InChI is InChI=1S/C9H6F3NO2/c10-4-1-2-5(11)8(12)7(4)6-3-15-9(14)13-6/h1-2,6H,3H2,(H,13,14)/t6-/m1/s1. The number of hydrogen-bond acceptors (Lipinski definition) is 2. The van der Waals surface area contributed by atoms with Gasteiger partial charge in [0.05, 0.1) is 11.6 Å². The van der Waals surface area contributed by atoms with Gasteiger partial charge >= 0.3 is 6.09 Å². The minimum Gasteiger partial charge on any atom is -0.447 e. The number of benzene rings is 1. The fourth-order valence-corrected chi connectivity index (χ4v) is 1.40. The highest BCUT2D eigenvalue weighted by atomic mass is 19.2. The van der Waals surface area contributed by atoms with Crippen molar-refractivity contribution in [3.63, 3.8) is 0 Å². The first-order valence-electron chi connectivity index (χ1n) is 4.16. The third-order valence-corrected chi connectivity index (χ3v) is 2.10. The predicted octanol–water partition coefficient (Wildman–Crippen LogP) is 1.88. The smallest absolute Gasteiger partial charge is 0.407 e. The van der Waals surface area contributed by atoms with Crippen LogP contribution in [0.15, 0.2) is 12.1 Å². The Morgan fingerprint density at radius 3 is 2.53 bits per heavy atom. The van der Waals surface area contributed by atoms with Crippen LogP contribution in [0.25, 0.3) is 0 Å². The number of cyclic esters (lactones) is 1. The molecule has 2 rings (SSSR count). The van der Waals surface area contributed by atoms with Gasteiger partial charge in [-0.25, -0.2) is 18.0 Å². The molecule has 0 spiro atoms. The second-order valence-electron chi connectivity index (χ2n) is 3.05. The largest absolute Gasteiger partial charge is 0.447 e. The summed E-state index contributed by atoms with van der Waals surface area (Å²) in [5.74, 6) is -3.37. The molecule has 0 unspecified atom stereocenters. The van der Waals surface area contributed by atoms with Crippen molar-refractivity contribution in [3.05, 3.63) is 35.1 Å². The Hall–Kier alpha value is -1.72. The van der Waals surface area contributed by atoms with Crippen molar-refractivity contribution < 1.29 is 22.7 Å². The molecule has 80 valence electrons. The topological polar surface area (TPSA) is 38.3 Å². The highest BCUT2D eigenvalue weighted by molar-refractivity contribution is 5.70. The average molecular weight is 217 g/mol. The van der Waals surface area contributed by atoms with Gasteiger partial charge in [0.15, 0.2) is 11.6 Å². The monoisotopic (exact) mass is 217 g/mol. The zero-order valence-corrected chi connectivity index (χ0v) is 7.39. The van der Waals surface area contributed by atoms with Crippen LogP contribution in [-0.4, -0.2) is 12.7 Å². The predicted molar refractivity (Wildman–Crippen MR) is 43.5 cm³/mol. The molecule has 1 aromatic carbocycles. The number of ether oxygens (including phenoxy) is 1. The Bertz CT molecular complexity index is 422. The molecule has 1 aromatic rings. The highest BCUT2D eigenvalue weighted by Crippen LogP contribution is 2.25. The summed E-state index contributed by atoms with van der Waals surface area (Å²) < 4.78 is 43.7. The summed E-state index contributed by atoms with van der Waals surface area (Å²) in [6.07, 6.45) is -0.775. The van der Waals surface area contributed by atoms with Crippen molar-refractivity contribution in [3.8, 4) is 0 Å². The van der Waals surface area contributed by atoms with Crippen molar-refractivity contribution in [2.45, 2.75) is 6.04 Å². The van der Waals surface area contributed by atoms with Crippen LogP contribution in [0.5, 0.6) is 0 Å². The van der Waals surface area contributed by atoms with Crippen LogP contribution in [0.3, 0.4) is 0 Å². The average Bonchev–Trinajstić information content (AvgIpc) is 2.59. The fraction of sp³-hybridized carbons (Fsp3) is 0.222. The third-order valence-electron chi connectivity index (χ3n) is 2.10. The van der Waals surface area contributed by atoms with E-state index < -0.39 is 35.2 Å². The van der Waals surface area contributed by atoms with E-state index in [1.54, 1.807) is 0 Å². The number of hydrogen-bond donors (Lipinski definition) is 1. The van der Waals surface area contributed by atoms with Crippen LogP contribution in [0, 0.1) is 17.5 Å². The van der Waals surface area contributed by atoms with Crippen LogP contribution in [0.2, 0.25) is 0 Å². The Kier molecular flexibility index (Phi) is 2.26. The van der Waals surface area contributed by atoms with E-state index in [9.17, 15) is 18.0 Å². The van der Waals surface area contributed by atoms with Crippen LogP contribution in [-0.2, 0) is 4.74 Å². The molecule has 0 saturated carbocycles. The van der Waals surface area contributed by atoms with Gasteiger partial charge in [-0.15, -0.1) is 0 Å². The van der Waals surface area contributed by atoms with E-state index >= 15 is 0 Å². The molecule has 3 nitrogen and oxygen atoms in total. The first kappa shape index (κ1) is 9.82. The van der Waals surface area contributed by atoms with Crippen LogP contribution < -0.4 is 5.32 Å². The molecule has 0 aliphatic carbocycles. The fourth-order valence-electron chi connectivity index (χ4n) is 1.40. The summed E-state index contributed by atoms with van der Waals surface area (Å²) in [5.41, 5.74) is -0.513. The van der Waals surface area contributed by atoms with Gasteiger partial charge in [0.25, 0.3) is 0 Å². The van der Waals surface area contributed by atoms with E-state index in [0.29, 0.717) is 6.07 Å². The molecule has 1 aliphatic rings. The van der Waals surface area contributed by atoms with Gasteiger partial charge in [0, 0.05) is 0 Å². The maximum atomic E-state index is 13.2. The quantitative estimate of drug-likeness (QED) is 0.729. The number of halogens is 3. The summed E-state index contributed by atoms with van der Waals surface area (Å²) in [4.78, 5) is 10.7. The lowest BCUT2D eigenvalue weighted by atomic mass is 10.1. The van der Waals surface area contributed by atoms with E-state index in [0.717, 1.165) is 6.07 Å². The molecule has 1 saturated heterocycles. The van der Waals surface area contributed by atoms with Crippen LogP contribution >= 0.6 is 0 Å². The molecule has 15 heavy (non-hydrogen) atoms. The Labute approximate surface area is 82.8 Å². The second-order valence-corrected chi connectivity index (χ2v) is 3.05. The highest BCUT2D eigenvalue weighted by Gasteiger charge is 2.30. The molecule has 1 amide bonds. The summed E-state index contributed by atoms with van der Waals surface area (Å²) in [6.45, 7) is -0.212. The SMILES string of the molecule is O=C1N[C@@H](c2c(F)ccc(F)c2F)CO1. The lowest BCUT2D eigenvalue weighted by Crippen LogP contribution is -2.21. The van der Waals surface area contributed by atoms with Crippen molar-refractivity contribution in [2.75, 3.05) is 6.61 Å². The van der Waals surface area contributed by atoms with E-state index in [2.05, 4.69) is 10.1 Å². The molecule has 1 fully saturated rings. The lowest BCUT2D eigenvalue weighted by molar-refractivity contribution is 0.176. The van der Waals surface area contributed by atoms with Gasteiger partial charge in [-0.3, -0.25) is 0 Å². The van der Waals surface area contributed by atoms with Gasteiger partial charge < -0.3 is 10.1 Å². The number of amides is 1. The number of alkyl carbamates (subject to hydrolysis) is 1. The van der Waals surface area contributed by atoms with E-state index in [-0.39, 0.29) is 6.61 Å². The van der Waals surface area contributed by atoms with Crippen LogP contribution in [0.4, 0.5) is 18.0 Å². The van der Waals surface area contributed by atoms with E-state index in [4.69, 9.17) is 0 Å². The first-order chi connectivity index (χ1) is 7.09. The zero-order valence-electron chi connectivity index (χ0n) is 7.39. The van der Waals surface area contributed by atoms with Gasteiger partial charge in [-0.2, -0.15) is 0 Å². The normalized spacial score (nSPS) is 19.9. The molecule has 1 aliphatic heterocycles. The Morgan fingerprint density at radius 2 is 1.93 bits per heavy atom. The molecule has 1 N–H and O–H groups in total. The van der Waals surface area contributed by atoms with Crippen molar-refractivity contribution in [1.82, 2.24) is 5.32 Å². The molecular weight excluding hydrogens is 211 g/mol. The molecule has 1 atom stereocenters. The summed E-state index contributed by atoms with van der Waals surface area (Å²) in [7, 11) is 0.